The summed E-state index contributed by atoms with van der Waals surface area (Å²) < 4.78 is 6.37. The number of hydrogen-bond acceptors (Lipinski definition) is 9. The molecule has 7 rings (SSSR count). The van der Waals surface area contributed by atoms with E-state index in [4.69, 9.17) is 9.57 Å². The summed E-state index contributed by atoms with van der Waals surface area (Å²) in [5.41, 5.74) is 0.306. The number of hydrogen-bond donors (Lipinski definition) is 5. The third-order valence-electron chi connectivity index (χ3n) is 15.0. The van der Waals surface area contributed by atoms with E-state index in [0.29, 0.717) is 42.7 Å². The van der Waals surface area contributed by atoms with E-state index in [1.54, 1.807) is 19.1 Å². The number of rotatable bonds is 11. The van der Waals surface area contributed by atoms with Crippen molar-refractivity contribution in [2.45, 2.75) is 141 Å². The van der Waals surface area contributed by atoms with Gasteiger partial charge < -0.3 is 35.8 Å². The number of carbonyl (C=O) groups excluding carboxylic acids is 3. The van der Waals surface area contributed by atoms with Crippen molar-refractivity contribution < 1.29 is 34.2 Å². The van der Waals surface area contributed by atoms with Crippen molar-refractivity contribution in [3.8, 4) is 0 Å². The summed E-state index contributed by atoms with van der Waals surface area (Å²) in [6, 6.07) is -0.883. The van der Waals surface area contributed by atoms with Crippen LogP contribution in [-0.2, 0) is 24.0 Å². The maximum Gasteiger partial charge on any atom is 0.242 e. The SMILES string of the molecule is COC1C(CN2O[C@@H](CO)[C@H]([C@H](C)O)[C@H]2C(=O)N[C@H]2C[C@H]3C[C@@H]([C@@H]2C)C3(C)C)CCCC1C1CC(C(=O)NC2CCCCNC2=O)CC(N(C)C)C1. The van der Waals surface area contributed by atoms with Gasteiger partial charge in [-0.1, -0.05) is 27.2 Å². The van der Waals surface area contributed by atoms with Gasteiger partial charge in [0.2, 0.25) is 17.7 Å². The lowest BCUT2D eigenvalue weighted by Gasteiger charge is -2.62. The second kappa shape index (κ2) is 16.5. The van der Waals surface area contributed by atoms with Crippen LogP contribution in [-0.4, -0.2) is 121 Å². The number of ether oxygens (including phenoxy) is 1. The summed E-state index contributed by atoms with van der Waals surface area (Å²) in [6.45, 7) is 9.49. The Morgan fingerprint density at radius 1 is 1.06 bits per heavy atom. The maximum absolute atomic E-state index is 14.3. The van der Waals surface area contributed by atoms with Gasteiger partial charge in [-0.05, 0) is 120 Å². The van der Waals surface area contributed by atoms with Gasteiger partial charge in [-0.25, -0.2) is 0 Å². The molecule has 0 aromatic heterocycles. The number of nitrogens with one attached hydrogen (secondary N) is 3. The van der Waals surface area contributed by atoms with Crippen molar-refractivity contribution in [1.82, 2.24) is 25.9 Å². The average Bonchev–Trinajstić information content (AvgIpc) is 3.37. The number of methoxy groups -OCH3 is 1. The van der Waals surface area contributed by atoms with Crippen LogP contribution in [0.15, 0.2) is 0 Å². The van der Waals surface area contributed by atoms with E-state index in [9.17, 15) is 24.6 Å². The van der Waals surface area contributed by atoms with Crippen molar-refractivity contribution in [1.29, 1.82) is 0 Å². The van der Waals surface area contributed by atoms with Gasteiger partial charge in [0.25, 0.3) is 0 Å². The van der Waals surface area contributed by atoms with Crippen LogP contribution in [0, 0.1) is 52.8 Å². The summed E-state index contributed by atoms with van der Waals surface area (Å²) in [7, 11) is 5.95. The standard InChI is InChI=1S/C40H69N5O7/c1-22-30-18-27(40(30,3)4)19-32(22)43-39(50)35-34(23(2)47)33(21-46)52-45(35)20-24-11-10-12-29(36(24)51-7)25-15-26(17-28(16-25)44(5)6)37(48)42-31-13-8-9-14-41-38(31)49/h22-36,46-47H,8-21H2,1-7H3,(H,41,49)(H,42,48)(H,43,50)/t22-,23-,24?,25?,26?,27+,28?,29?,30-,31?,32-,33-,34-,35-,36?/m0/s1. The van der Waals surface area contributed by atoms with Crippen LogP contribution in [0.4, 0.5) is 0 Å². The Labute approximate surface area is 311 Å². The van der Waals surface area contributed by atoms with E-state index < -0.39 is 30.2 Å². The van der Waals surface area contributed by atoms with Crippen LogP contribution in [0.3, 0.4) is 0 Å². The van der Waals surface area contributed by atoms with Crippen molar-refractivity contribution >= 4 is 17.7 Å². The van der Waals surface area contributed by atoms with Gasteiger partial charge in [0.05, 0.1) is 18.8 Å². The fraction of sp³-hybridized carbons (Fsp3) is 0.925. The molecule has 52 heavy (non-hydrogen) atoms. The monoisotopic (exact) mass is 732 g/mol. The number of fused-ring (bicyclic) bond motifs is 2. The zero-order valence-electron chi connectivity index (χ0n) is 32.9. The quantitative estimate of drug-likeness (QED) is 0.216. The van der Waals surface area contributed by atoms with Crippen LogP contribution >= 0.6 is 0 Å². The Balaban J connectivity index is 1.17. The fourth-order valence-corrected chi connectivity index (χ4v) is 11.8. The second-order valence-corrected chi connectivity index (χ2v) is 18.4. The molecule has 0 aromatic rings. The van der Waals surface area contributed by atoms with E-state index in [-0.39, 0.29) is 66.2 Å². The molecule has 2 aliphatic heterocycles. The number of carbonyl (C=O) groups is 3. The molecule has 12 nitrogen and oxygen atoms in total. The number of hydroxylamine groups is 2. The first-order valence-electron chi connectivity index (χ1n) is 20.5. The second-order valence-electron chi connectivity index (χ2n) is 18.4. The van der Waals surface area contributed by atoms with Crippen molar-refractivity contribution in [2.24, 2.45) is 52.8 Å². The highest BCUT2D eigenvalue weighted by Gasteiger charge is 2.58. The summed E-state index contributed by atoms with van der Waals surface area (Å²) in [4.78, 5) is 49.4. The lowest BCUT2D eigenvalue weighted by atomic mass is 9.45. The molecule has 5 N–H and O–H groups in total. The van der Waals surface area contributed by atoms with Crippen LogP contribution in [0.25, 0.3) is 0 Å². The molecule has 3 amide bonds. The van der Waals surface area contributed by atoms with Crippen molar-refractivity contribution in [3.63, 3.8) is 0 Å². The van der Waals surface area contributed by atoms with Crippen molar-refractivity contribution in [3.05, 3.63) is 0 Å². The topological polar surface area (TPSA) is 153 Å². The van der Waals surface area contributed by atoms with Gasteiger partial charge in [-0.3, -0.25) is 19.2 Å². The van der Waals surface area contributed by atoms with Crippen LogP contribution in [0.2, 0.25) is 0 Å². The summed E-state index contributed by atoms with van der Waals surface area (Å²) in [5, 5.41) is 32.6. The summed E-state index contributed by atoms with van der Waals surface area (Å²) in [6.07, 6.45) is 8.47. The minimum Gasteiger partial charge on any atom is -0.394 e. The Bertz CT molecular complexity index is 1260. The summed E-state index contributed by atoms with van der Waals surface area (Å²) in [5.74, 6) is 1.11. The highest BCUT2D eigenvalue weighted by molar-refractivity contribution is 5.88. The Morgan fingerprint density at radius 2 is 1.83 bits per heavy atom. The molecule has 12 heteroatoms. The van der Waals surface area contributed by atoms with E-state index in [1.165, 1.54) is 6.42 Å². The zero-order valence-corrected chi connectivity index (χ0v) is 32.9. The lowest BCUT2D eigenvalue weighted by Crippen LogP contribution is -2.62. The van der Waals surface area contributed by atoms with Gasteiger partial charge in [-0.2, -0.15) is 5.06 Å². The average molecular weight is 732 g/mol. The number of nitrogens with zero attached hydrogens (tertiary/aromatic N) is 2. The van der Waals surface area contributed by atoms with Gasteiger partial charge in [0.15, 0.2) is 0 Å². The lowest BCUT2D eigenvalue weighted by molar-refractivity contribution is -0.193. The van der Waals surface area contributed by atoms with Gasteiger partial charge >= 0.3 is 0 Å². The molecular weight excluding hydrogens is 662 g/mol. The van der Waals surface area contributed by atoms with E-state index in [1.807, 2.05) is 0 Å². The molecule has 0 radical (unpaired) electrons. The molecule has 5 saturated carbocycles. The fourth-order valence-electron chi connectivity index (χ4n) is 11.8. The predicted molar refractivity (Wildman–Crippen MR) is 197 cm³/mol. The number of aliphatic hydroxyl groups excluding tert-OH is 2. The molecule has 0 aromatic carbocycles. The zero-order chi connectivity index (χ0) is 37.5. The molecule has 296 valence electrons. The van der Waals surface area contributed by atoms with E-state index in [2.05, 4.69) is 55.7 Å². The molecule has 2 saturated heterocycles. The highest BCUT2D eigenvalue weighted by Crippen LogP contribution is 2.61. The van der Waals surface area contributed by atoms with Gasteiger partial charge in [-0.15, -0.1) is 0 Å². The molecule has 7 fully saturated rings. The molecule has 0 spiro atoms. The number of aliphatic hydroxyl groups is 2. The molecule has 15 atom stereocenters. The van der Waals surface area contributed by atoms with Gasteiger partial charge in [0, 0.05) is 50.0 Å². The molecule has 7 aliphatic rings. The van der Waals surface area contributed by atoms with Crippen LogP contribution in [0.5, 0.6) is 0 Å². The van der Waals surface area contributed by atoms with Crippen LogP contribution in [0.1, 0.15) is 98.3 Å². The van der Waals surface area contributed by atoms with E-state index >= 15 is 0 Å². The third-order valence-corrected chi connectivity index (χ3v) is 15.0. The van der Waals surface area contributed by atoms with Crippen molar-refractivity contribution in [2.75, 3.05) is 40.9 Å². The molecule has 2 heterocycles. The third kappa shape index (κ3) is 7.94. The predicted octanol–water partition coefficient (Wildman–Crippen LogP) is 2.71. The first-order chi connectivity index (χ1) is 24.7. The van der Waals surface area contributed by atoms with Crippen LogP contribution < -0.4 is 16.0 Å². The Morgan fingerprint density at radius 3 is 2.48 bits per heavy atom. The Hall–Kier alpha value is -1.83. The van der Waals surface area contributed by atoms with Gasteiger partial charge in [0.1, 0.15) is 18.2 Å². The minimum atomic E-state index is -0.844. The molecule has 5 aliphatic carbocycles. The highest BCUT2D eigenvalue weighted by atomic mass is 16.7. The first-order valence-corrected chi connectivity index (χ1v) is 20.5. The van der Waals surface area contributed by atoms with E-state index in [0.717, 1.165) is 57.8 Å². The smallest absolute Gasteiger partial charge is 0.242 e. The molecular formula is C40H69N5O7. The molecule has 7 unspecified atom stereocenters. The minimum absolute atomic E-state index is 0.0217. The molecule has 2 bridgehead atoms. The maximum atomic E-state index is 14.3. The largest absolute Gasteiger partial charge is 0.394 e. The normalized spacial score (nSPS) is 42.8. The number of amides is 3. The first kappa shape index (κ1) is 39.9. The summed E-state index contributed by atoms with van der Waals surface area (Å²) >= 11 is 0. The Kier molecular flexibility index (Phi) is 12.6.